The molecule has 0 spiro atoms. The summed E-state index contributed by atoms with van der Waals surface area (Å²) in [6.45, 7) is 17.9. The molecule has 0 bridgehead atoms. The standard InChI is InChI=1S/C20H39N2/c1-10-20(21-7)22(8,9)19-13-18(19)17(6)16(5)15(4)12-11-14(2)3/h10,14-19H,7,11-13H2,1-6,8-9H3/q+1. The number of rotatable bonds is 9. The van der Waals surface area contributed by atoms with Gasteiger partial charge in [-0.25, -0.2) is 4.99 Å². The molecule has 1 saturated carbocycles. The third-order valence-corrected chi connectivity index (χ3v) is 6.25. The van der Waals surface area contributed by atoms with Crippen LogP contribution in [-0.2, 0) is 0 Å². The lowest BCUT2D eigenvalue weighted by Crippen LogP contribution is -2.42. The lowest BCUT2D eigenvalue weighted by molar-refractivity contribution is -0.866. The van der Waals surface area contributed by atoms with Crippen molar-refractivity contribution in [3.63, 3.8) is 0 Å². The van der Waals surface area contributed by atoms with E-state index in [2.05, 4.69) is 73.4 Å². The van der Waals surface area contributed by atoms with E-state index in [1.165, 1.54) is 19.3 Å². The van der Waals surface area contributed by atoms with Crippen LogP contribution < -0.4 is 0 Å². The zero-order chi connectivity index (χ0) is 17.1. The van der Waals surface area contributed by atoms with Crippen LogP contribution in [0.2, 0.25) is 0 Å². The molecule has 5 atom stereocenters. The maximum absolute atomic E-state index is 4.25. The van der Waals surface area contributed by atoms with Gasteiger partial charge in [-0.2, -0.15) is 0 Å². The van der Waals surface area contributed by atoms with E-state index in [9.17, 15) is 0 Å². The lowest BCUT2D eigenvalue weighted by Gasteiger charge is -2.32. The van der Waals surface area contributed by atoms with Gasteiger partial charge >= 0.3 is 0 Å². The number of nitrogens with zero attached hydrogens (tertiary/aromatic N) is 2. The average Bonchev–Trinajstić information content (AvgIpc) is 3.25. The van der Waals surface area contributed by atoms with Gasteiger partial charge in [-0.3, -0.25) is 4.48 Å². The minimum Gasteiger partial charge on any atom is -0.277 e. The number of quaternary nitrogens is 1. The molecular weight excluding hydrogens is 268 g/mol. The second-order valence-electron chi connectivity index (χ2n) is 8.48. The largest absolute Gasteiger partial charge is 0.277 e. The maximum atomic E-state index is 4.25. The molecule has 0 amide bonds. The minimum atomic E-state index is 0.714. The van der Waals surface area contributed by atoms with Crippen LogP contribution in [0.3, 0.4) is 0 Å². The predicted octanol–water partition coefficient (Wildman–Crippen LogP) is 5.36. The Bertz CT molecular complexity index is 395. The summed E-state index contributed by atoms with van der Waals surface area (Å²) in [5, 5.41) is 0. The average molecular weight is 308 g/mol. The zero-order valence-electron chi connectivity index (χ0n) is 16.3. The topological polar surface area (TPSA) is 12.4 Å². The van der Waals surface area contributed by atoms with Crippen LogP contribution in [-0.4, -0.2) is 31.3 Å². The first-order chi connectivity index (χ1) is 10.2. The summed E-state index contributed by atoms with van der Waals surface area (Å²) in [7, 11) is 4.57. The highest BCUT2D eigenvalue weighted by Crippen LogP contribution is 2.49. The minimum absolute atomic E-state index is 0.714. The number of hydrogen-bond acceptors (Lipinski definition) is 1. The fourth-order valence-corrected chi connectivity index (χ4v) is 4.05. The molecule has 2 heteroatoms. The summed E-state index contributed by atoms with van der Waals surface area (Å²) in [6.07, 6.45) is 6.17. The second kappa shape index (κ2) is 7.77. The van der Waals surface area contributed by atoms with Gasteiger partial charge in [0.15, 0.2) is 0 Å². The van der Waals surface area contributed by atoms with Gasteiger partial charge in [-0.05, 0) is 43.4 Å². The summed E-state index contributed by atoms with van der Waals surface area (Å²) in [5.74, 6) is 5.20. The molecular formula is C20H39N2+. The third kappa shape index (κ3) is 4.44. The molecule has 0 heterocycles. The van der Waals surface area contributed by atoms with Crippen molar-refractivity contribution in [2.75, 3.05) is 14.1 Å². The molecule has 128 valence electrons. The first-order valence-corrected chi connectivity index (χ1v) is 9.14. The normalized spacial score (nSPS) is 26.7. The summed E-state index contributed by atoms with van der Waals surface area (Å²) < 4.78 is 0.891. The van der Waals surface area contributed by atoms with Crippen molar-refractivity contribution < 1.29 is 4.48 Å². The molecule has 0 aromatic rings. The maximum Gasteiger partial charge on any atom is 0.222 e. The van der Waals surface area contributed by atoms with E-state index in [-0.39, 0.29) is 0 Å². The molecule has 1 fully saturated rings. The molecule has 0 aromatic heterocycles. The Morgan fingerprint density at radius 2 is 1.77 bits per heavy atom. The first-order valence-electron chi connectivity index (χ1n) is 9.14. The zero-order valence-corrected chi connectivity index (χ0v) is 16.3. The Balaban J connectivity index is 2.62. The molecule has 0 saturated heterocycles. The van der Waals surface area contributed by atoms with E-state index in [0.29, 0.717) is 6.04 Å². The highest BCUT2D eigenvalue weighted by atomic mass is 15.4. The van der Waals surface area contributed by atoms with E-state index >= 15 is 0 Å². The molecule has 1 rings (SSSR count). The highest BCUT2D eigenvalue weighted by molar-refractivity contribution is 5.27. The number of allylic oxidation sites excluding steroid dienone is 1. The fourth-order valence-electron chi connectivity index (χ4n) is 4.05. The Hall–Kier alpha value is -0.630. The van der Waals surface area contributed by atoms with Crippen molar-refractivity contribution in [2.24, 2.45) is 34.6 Å². The van der Waals surface area contributed by atoms with Crippen LogP contribution in [0.4, 0.5) is 0 Å². The molecule has 22 heavy (non-hydrogen) atoms. The van der Waals surface area contributed by atoms with E-state index < -0.39 is 0 Å². The highest BCUT2D eigenvalue weighted by Gasteiger charge is 2.54. The molecule has 5 unspecified atom stereocenters. The van der Waals surface area contributed by atoms with Gasteiger partial charge in [-0.15, -0.1) is 0 Å². The van der Waals surface area contributed by atoms with Gasteiger partial charge in [0.05, 0.1) is 20.1 Å². The van der Waals surface area contributed by atoms with Gasteiger partial charge < -0.3 is 0 Å². The van der Waals surface area contributed by atoms with Crippen molar-refractivity contribution in [1.82, 2.24) is 0 Å². The van der Waals surface area contributed by atoms with Gasteiger partial charge in [0, 0.05) is 12.3 Å². The van der Waals surface area contributed by atoms with Crippen LogP contribution in [0.25, 0.3) is 0 Å². The SMILES string of the molecule is C=NC(=CC)[N+](C)(C)C1CC1C(C)C(C)C(C)CCC(C)C. The van der Waals surface area contributed by atoms with E-state index in [1.54, 1.807) is 0 Å². The van der Waals surface area contributed by atoms with Crippen molar-refractivity contribution in [1.29, 1.82) is 0 Å². The third-order valence-electron chi connectivity index (χ3n) is 6.25. The van der Waals surface area contributed by atoms with E-state index in [1.807, 2.05) is 0 Å². The molecule has 0 aliphatic heterocycles. The summed E-state index contributed by atoms with van der Waals surface area (Å²) >= 11 is 0. The van der Waals surface area contributed by atoms with Crippen molar-refractivity contribution in [3.05, 3.63) is 11.9 Å². The second-order valence-corrected chi connectivity index (χ2v) is 8.48. The van der Waals surface area contributed by atoms with Gasteiger partial charge in [-0.1, -0.05) is 47.5 Å². The van der Waals surface area contributed by atoms with Crippen molar-refractivity contribution in [2.45, 2.75) is 66.8 Å². The fraction of sp³-hybridized carbons (Fsp3) is 0.850. The van der Waals surface area contributed by atoms with Crippen LogP contribution >= 0.6 is 0 Å². The van der Waals surface area contributed by atoms with Crippen molar-refractivity contribution >= 4 is 6.72 Å². The van der Waals surface area contributed by atoms with E-state index in [0.717, 1.165) is 39.9 Å². The van der Waals surface area contributed by atoms with Crippen LogP contribution in [0.5, 0.6) is 0 Å². The molecule has 0 aromatic carbocycles. The van der Waals surface area contributed by atoms with Crippen LogP contribution in [0, 0.1) is 29.6 Å². The first kappa shape index (κ1) is 19.4. The molecule has 0 radical (unpaired) electrons. The Labute approximate surface area is 139 Å². The summed E-state index contributed by atoms with van der Waals surface area (Å²) in [6, 6.07) is 0.714. The lowest BCUT2D eigenvalue weighted by atomic mass is 9.79. The van der Waals surface area contributed by atoms with E-state index in [4.69, 9.17) is 0 Å². The molecule has 1 aliphatic carbocycles. The summed E-state index contributed by atoms with van der Waals surface area (Å²) in [4.78, 5) is 4.25. The molecule has 1 aliphatic rings. The Morgan fingerprint density at radius 1 is 1.18 bits per heavy atom. The Kier molecular flexibility index (Phi) is 6.85. The van der Waals surface area contributed by atoms with Crippen LogP contribution in [0.1, 0.15) is 60.8 Å². The summed E-state index contributed by atoms with van der Waals surface area (Å²) in [5.41, 5.74) is 0. The van der Waals surface area contributed by atoms with Gasteiger partial charge in [0.1, 0.15) is 0 Å². The Morgan fingerprint density at radius 3 is 2.23 bits per heavy atom. The smallest absolute Gasteiger partial charge is 0.222 e. The predicted molar refractivity (Wildman–Crippen MR) is 98.9 cm³/mol. The van der Waals surface area contributed by atoms with Crippen molar-refractivity contribution in [3.8, 4) is 0 Å². The number of hydrogen-bond donors (Lipinski definition) is 0. The van der Waals surface area contributed by atoms with Crippen LogP contribution in [0.15, 0.2) is 16.9 Å². The monoisotopic (exact) mass is 307 g/mol. The molecule has 2 nitrogen and oxygen atoms in total. The number of aliphatic imine (C=N–C) groups is 1. The quantitative estimate of drug-likeness (QED) is 0.402. The van der Waals surface area contributed by atoms with Gasteiger partial charge in [0.2, 0.25) is 5.82 Å². The van der Waals surface area contributed by atoms with Gasteiger partial charge in [0.25, 0.3) is 0 Å². The molecule has 0 N–H and O–H groups in total.